The molecule has 1 aromatic heterocycles. The predicted molar refractivity (Wildman–Crippen MR) is 141 cm³/mol. The first-order valence-corrected chi connectivity index (χ1v) is 14.4. The number of hydrogen-bond donors (Lipinski definition) is 1. The van der Waals surface area contributed by atoms with Gasteiger partial charge in [-0.25, -0.2) is 8.42 Å². The fraction of sp³-hybridized carbons (Fsp3) is 0.625. The molecule has 0 saturated carbocycles. The van der Waals surface area contributed by atoms with Gasteiger partial charge in [-0.1, -0.05) is 12.1 Å². The average Bonchev–Trinajstić information content (AvgIpc) is 2.94. The topological polar surface area (TPSA) is 116 Å². The maximum atomic E-state index is 13.2. The lowest BCUT2D eigenvalue weighted by Crippen LogP contribution is -2.49. The number of ether oxygens (including phenoxy) is 2. The fourth-order valence-corrected chi connectivity index (χ4v) is 6.21. The summed E-state index contributed by atoms with van der Waals surface area (Å²) < 4.78 is 38.8. The van der Waals surface area contributed by atoms with Gasteiger partial charge in [0.1, 0.15) is 0 Å². The molecule has 0 atom stereocenters. The van der Waals surface area contributed by atoms with E-state index in [2.05, 4.69) is 15.1 Å². The van der Waals surface area contributed by atoms with Crippen molar-refractivity contribution in [1.82, 2.24) is 24.2 Å². The largest absolute Gasteiger partial charge is 0.379 e. The van der Waals surface area contributed by atoms with Crippen LogP contribution in [-0.2, 0) is 19.5 Å². The summed E-state index contributed by atoms with van der Waals surface area (Å²) in [6.45, 7) is 11.4. The summed E-state index contributed by atoms with van der Waals surface area (Å²) in [5.41, 5.74) is 0.925. The molecule has 0 spiro atoms. The molecule has 5 rings (SSSR count). The van der Waals surface area contributed by atoms with Crippen LogP contribution in [0.5, 0.6) is 0 Å². The van der Waals surface area contributed by atoms with Crippen molar-refractivity contribution in [3.8, 4) is 0 Å². The molecule has 0 aliphatic carbocycles. The van der Waals surface area contributed by atoms with Gasteiger partial charge in [0.15, 0.2) is 0 Å². The summed E-state index contributed by atoms with van der Waals surface area (Å²) in [4.78, 5) is 21.0. The summed E-state index contributed by atoms with van der Waals surface area (Å²) in [5.74, 6) is 1.73. The normalized spacial score (nSPS) is 20.2. The highest BCUT2D eigenvalue weighted by molar-refractivity contribution is 7.89. The quantitative estimate of drug-likeness (QED) is 0.505. The van der Waals surface area contributed by atoms with E-state index in [0.29, 0.717) is 68.7 Å². The van der Waals surface area contributed by atoms with Crippen molar-refractivity contribution in [3.63, 3.8) is 0 Å². The molecule has 0 amide bonds. The Morgan fingerprint density at radius 2 is 1.46 bits per heavy atom. The van der Waals surface area contributed by atoms with E-state index in [-0.39, 0.29) is 0 Å². The number of morpholine rings is 2. The molecule has 1 N–H and O–H groups in total. The van der Waals surface area contributed by atoms with Crippen LogP contribution in [0.1, 0.15) is 5.56 Å². The molecule has 0 bridgehead atoms. The number of aryl methyl sites for hydroxylation is 1. The van der Waals surface area contributed by atoms with Crippen LogP contribution in [0.15, 0.2) is 29.2 Å². The molecular weight excluding hydrogens is 496 g/mol. The van der Waals surface area contributed by atoms with Gasteiger partial charge in [0, 0.05) is 65.4 Å². The summed E-state index contributed by atoms with van der Waals surface area (Å²) in [5, 5.41) is 3.38. The smallest absolute Gasteiger partial charge is 0.243 e. The van der Waals surface area contributed by atoms with E-state index in [9.17, 15) is 8.42 Å². The molecule has 0 radical (unpaired) electrons. The standard InChI is InChI=1S/C24H36N8O4S/c1-20-3-2-4-21(19-20)37(33,34)32-9-7-30(8-10-32)23-26-22(25-5-6-29-11-15-35-16-12-29)27-24(28-23)31-13-17-36-18-14-31/h2-4,19H,5-18H2,1H3,(H,25,26,27,28). The number of piperazine rings is 1. The van der Waals surface area contributed by atoms with E-state index >= 15 is 0 Å². The number of rotatable bonds is 8. The monoisotopic (exact) mass is 532 g/mol. The minimum absolute atomic E-state index is 0.336. The van der Waals surface area contributed by atoms with Gasteiger partial charge in [-0.2, -0.15) is 19.3 Å². The second-order valence-corrected chi connectivity index (χ2v) is 11.4. The van der Waals surface area contributed by atoms with Crippen LogP contribution in [0.2, 0.25) is 0 Å². The zero-order valence-electron chi connectivity index (χ0n) is 21.4. The molecule has 3 fully saturated rings. The summed E-state index contributed by atoms with van der Waals surface area (Å²) in [6.07, 6.45) is 0. The fourth-order valence-electron chi connectivity index (χ4n) is 4.68. The van der Waals surface area contributed by atoms with E-state index in [1.807, 2.05) is 17.9 Å². The molecule has 1 aromatic carbocycles. The van der Waals surface area contributed by atoms with Crippen molar-refractivity contribution in [2.45, 2.75) is 11.8 Å². The Bertz CT molecular complexity index is 1150. The van der Waals surface area contributed by atoms with Gasteiger partial charge in [0.2, 0.25) is 27.9 Å². The highest BCUT2D eigenvalue weighted by Gasteiger charge is 2.30. The molecule has 12 nitrogen and oxygen atoms in total. The molecular formula is C24H36N8O4S. The summed E-state index contributed by atoms with van der Waals surface area (Å²) in [7, 11) is -3.54. The molecule has 3 aliphatic heterocycles. The van der Waals surface area contributed by atoms with Crippen molar-refractivity contribution >= 4 is 27.9 Å². The number of nitrogens with one attached hydrogen (secondary N) is 1. The van der Waals surface area contributed by atoms with Gasteiger partial charge < -0.3 is 24.6 Å². The Hall–Kier alpha value is -2.58. The van der Waals surface area contributed by atoms with Gasteiger partial charge in [-0.05, 0) is 24.6 Å². The van der Waals surface area contributed by atoms with E-state index in [4.69, 9.17) is 24.4 Å². The van der Waals surface area contributed by atoms with E-state index in [0.717, 1.165) is 51.5 Å². The third kappa shape index (κ3) is 6.47. The predicted octanol–water partition coefficient (Wildman–Crippen LogP) is 0.272. The molecule has 2 aromatic rings. The van der Waals surface area contributed by atoms with Crippen LogP contribution in [-0.4, -0.2) is 124 Å². The molecule has 202 valence electrons. The highest BCUT2D eigenvalue weighted by Crippen LogP contribution is 2.22. The molecule has 3 saturated heterocycles. The Morgan fingerprint density at radius 1 is 0.838 bits per heavy atom. The summed E-state index contributed by atoms with van der Waals surface area (Å²) in [6, 6.07) is 7.06. The number of hydrogen-bond acceptors (Lipinski definition) is 11. The highest BCUT2D eigenvalue weighted by atomic mass is 32.2. The van der Waals surface area contributed by atoms with Gasteiger partial charge in [-0.15, -0.1) is 0 Å². The average molecular weight is 533 g/mol. The lowest BCUT2D eigenvalue weighted by atomic mass is 10.2. The van der Waals surface area contributed by atoms with Crippen LogP contribution in [0, 0.1) is 6.92 Å². The minimum Gasteiger partial charge on any atom is -0.379 e. The molecule has 3 aliphatic rings. The Kier molecular flexibility index (Phi) is 8.35. The maximum Gasteiger partial charge on any atom is 0.243 e. The number of benzene rings is 1. The van der Waals surface area contributed by atoms with E-state index in [1.54, 1.807) is 22.5 Å². The van der Waals surface area contributed by atoms with Crippen LogP contribution < -0.4 is 15.1 Å². The Morgan fingerprint density at radius 3 is 2.11 bits per heavy atom. The first-order valence-electron chi connectivity index (χ1n) is 12.9. The Labute approximate surface area is 218 Å². The number of aromatic nitrogens is 3. The second kappa shape index (κ2) is 11.9. The summed E-state index contributed by atoms with van der Waals surface area (Å²) >= 11 is 0. The SMILES string of the molecule is Cc1cccc(S(=O)(=O)N2CCN(c3nc(NCCN4CCOCC4)nc(N4CCOCC4)n3)CC2)c1. The first kappa shape index (κ1) is 26.0. The lowest BCUT2D eigenvalue weighted by molar-refractivity contribution is 0.0398. The number of sulfonamides is 1. The lowest BCUT2D eigenvalue weighted by Gasteiger charge is -2.34. The molecule has 0 unspecified atom stereocenters. The van der Waals surface area contributed by atoms with Crippen LogP contribution in [0.3, 0.4) is 0 Å². The molecule has 13 heteroatoms. The maximum absolute atomic E-state index is 13.2. The van der Waals surface area contributed by atoms with Gasteiger partial charge in [0.05, 0.1) is 31.3 Å². The molecule has 4 heterocycles. The van der Waals surface area contributed by atoms with Crippen molar-refractivity contribution in [2.75, 3.05) is 107 Å². The number of nitrogens with zero attached hydrogens (tertiary/aromatic N) is 7. The van der Waals surface area contributed by atoms with Gasteiger partial charge in [0.25, 0.3) is 0 Å². The van der Waals surface area contributed by atoms with Crippen molar-refractivity contribution in [3.05, 3.63) is 29.8 Å². The third-order valence-electron chi connectivity index (χ3n) is 6.87. The van der Waals surface area contributed by atoms with Crippen molar-refractivity contribution < 1.29 is 17.9 Å². The Balaban J connectivity index is 1.28. The van der Waals surface area contributed by atoms with Crippen LogP contribution in [0.25, 0.3) is 0 Å². The zero-order valence-corrected chi connectivity index (χ0v) is 22.2. The van der Waals surface area contributed by atoms with Crippen LogP contribution in [0.4, 0.5) is 17.8 Å². The van der Waals surface area contributed by atoms with Gasteiger partial charge in [-0.3, -0.25) is 4.90 Å². The zero-order chi connectivity index (χ0) is 25.7. The third-order valence-corrected chi connectivity index (χ3v) is 8.76. The van der Waals surface area contributed by atoms with E-state index < -0.39 is 10.0 Å². The molecule has 37 heavy (non-hydrogen) atoms. The van der Waals surface area contributed by atoms with Crippen molar-refractivity contribution in [2.24, 2.45) is 0 Å². The van der Waals surface area contributed by atoms with Crippen molar-refractivity contribution in [1.29, 1.82) is 0 Å². The van der Waals surface area contributed by atoms with E-state index in [1.165, 1.54) is 0 Å². The van der Waals surface area contributed by atoms with Gasteiger partial charge >= 0.3 is 0 Å². The van der Waals surface area contributed by atoms with Crippen LogP contribution >= 0.6 is 0 Å². The minimum atomic E-state index is -3.54. The number of anilines is 3. The second-order valence-electron chi connectivity index (χ2n) is 9.45. The first-order chi connectivity index (χ1) is 18.0.